The molecule has 3 aliphatic rings. The first kappa shape index (κ1) is 95.1. The molecule has 3 fully saturated rings. The Morgan fingerprint density at radius 3 is 1.23 bits per heavy atom. The number of nitrogens with zero attached hydrogens (tertiary/aromatic N) is 7. The number of imidazole rings is 3. The van der Waals surface area contributed by atoms with Crippen molar-refractivity contribution in [2.24, 2.45) is 0 Å². The number of esters is 2. The molecule has 16 aromatic rings. The average molecular weight is 2110 g/mol. The van der Waals surface area contributed by atoms with E-state index in [-0.39, 0.29) is 69.2 Å². The molecule has 0 saturated heterocycles. The number of methoxy groups -OCH3 is 2. The molecule has 0 bridgehead atoms. The van der Waals surface area contributed by atoms with Gasteiger partial charge in [0.2, 0.25) is 5.43 Å². The normalized spacial score (nSPS) is 14.4. The quantitative estimate of drug-likeness (QED) is 0.00717. The number of aromatic hydroxyl groups is 1. The Morgan fingerprint density at radius 2 is 0.886 bits per heavy atom. The number of H-pyrrole nitrogens is 3. The number of ether oxygens (including phenoxy) is 2. The van der Waals surface area contributed by atoms with Crippen molar-refractivity contribution < 1.29 is 87.7 Å². The molecule has 11 N–H and O–H groups in total. The number of amides is 3. The number of furan rings is 3. The van der Waals surface area contributed by atoms with Crippen LogP contribution in [0.25, 0.3) is 106 Å². The number of carboxylic acid groups (broad SMARTS) is 1. The van der Waals surface area contributed by atoms with Gasteiger partial charge in [0.05, 0.1) is 93.3 Å². The number of rotatable bonds is 23. The zero-order valence-corrected chi connectivity index (χ0v) is 79.8. The summed E-state index contributed by atoms with van der Waals surface area (Å²) in [4.78, 5) is 133. The van der Waals surface area contributed by atoms with Gasteiger partial charge in [-0.2, -0.15) is 0 Å². The number of fused-ring (bicyclic) bond motifs is 6. The number of carbonyl (C=O) groups is 6. The summed E-state index contributed by atoms with van der Waals surface area (Å²) in [5, 5.41) is 40.6. The maximum absolute atomic E-state index is 13.4. The fourth-order valence-corrected chi connectivity index (χ4v) is 18.0. The molecule has 32 nitrogen and oxygen atoms in total. The van der Waals surface area contributed by atoms with Gasteiger partial charge < -0.3 is 89.0 Å². The zero-order valence-electron chi connectivity index (χ0n) is 72.5. The number of non-ortho nitro benzene ring substituents is 1. The predicted molar refractivity (Wildman–Crippen MR) is 500 cm³/mol. The van der Waals surface area contributed by atoms with Crippen LogP contribution in [0, 0.1) is 10.1 Å². The number of hydrogen-bond acceptors (Lipinski definition) is 20. The van der Waals surface area contributed by atoms with E-state index in [9.17, 15) is 53.6 Å². The summed E-state index contributed by atoms with van der Waals surface area (Å²) in [6.45, 7) is 3.52. The van der Waals surface area contributed by atoms with Gasteiger partial charge in [-0.15, -0.1) is 5.69 Å². The van der Waals surface area contributed by atoms with Gasteiger partial charge in [-0.25, -0.2) is 29.3 Å². The minimum absolute atomic E-state index is 0. The molecule has 2 radical (unpaired) electrons. The van der Waals surface area contributed by atoms with Gasteiger partial charge >= 0.3 is 54.6 Å². The molecule has 0 spiro atoms. The molecular formula is C96H96Cl2N15O17SnW-. The van der Waals surface area contributed by atoms with E-state index in [1.54, 1.807) is 124 Å². The number of carboxylic acids is 1. The number of anilines is 1. The van der Waals surface area contributed by atoms with E-state index in [1.807, 2.05) is 60.8 Å². The number of nitrogen functional groups attached to an aromatic ring is 1. The molecule has 0 aliphatic heterocycles. The molecule has 9 aromatic heterocycles. The Labute approximate surface area is 787 Å². The molecule has 3 saturated carbocycles. The van der Waals surface area contributed by atoms with E-state index in [0.717, 1.165) is 141 Å². The number of nitro groups is 1. The van der Waals surface area contributed by atoms with Crippen LogP contribution < -0.4 is 32.5 Å². The van der Waals surface area contributed by atoms with Crippen LogP contribution in [0.1, 0.15) is 188 Å². The van der Waals surface area contributed by atoms with Gasteiger partial charge in [0, 0.05) is 144 Å². The Morgan fingerprint density at radius 1 is 0.530 bits per heavy atom. The third-order valence-corrected chi connectivity index (χ3v) is 24.5. The van der Waals surface area contributed by atoms with Crippen LogP contribution in [0.5, 0.6) is 5.75 Å². The summed E-state index contributed by atoms with van der Waals surface area (Å²) in [5.41, 5.74) is 27.2. The maximum Gasteiger partial charge on any atom is 0.326 e. The van der Waals surface area contributed by atoms with Crippen molar-refractivity contribution in [2.45, 2.75) is 172 Å². The summed E-state index contributed by atoms with van der Waals surface area (Å²) in [6.07, 6.45) is 32.9. The van der Waals surface area contributed by atoms with Gasteiger partial charge in [0.15, 0.2) is 5.75 Å². The Bertz CT molecular complexity index is 6910. The van der Waals surface area contributed by atoms with E-state index in [4.69, 9.17) is 72.1 Å². The second-order valence-electron chi connectivity index (χ2n) is 33.2. The monoisotopic (exact) mass is 2100 g/mol. The minimum atomic E-state index is -1.13. The van der Waals surface area contributed by atoms with Crippen LogP contribution in [0.15, 0.2) is 206 Å². The van der Waals surface area contributed by atoms with Crippen molar-refractivity contribution in [3.63, 3.8) is 0 Å². The van der Waals surface area contributed by atoms with E-state index >= 15 is 0 Å². The summed E-state index contributed by atoms with van der Waals surface area (Å²) in [6, 6.07) is 35.1. The number of nitrogens with one attached hydrogen (secondary N) is 7. The maximum atomic E-state index is 13.4. The van der Waals surface area contributed by atoms with Crippen LogP contribution in [0.3, 0.4) is 0 Å². The number of aromatic amines is 3. The summed E-state index contributed by atoms with van der Waals surface area (Å²) < 4.78 is 32.8. The van der Waals surface area contributed by atoms with Gasteiger partial charge in [-0.3, -0.25) is 34.1 Å². The average Bonchev–Trinajstić information content (AvgIpc) is 1.60. The van der Waals surface area contributed by atoms with Crippen molar-refractivity contribution in [2.75, 3.05) is 20.0 Å². The minimum Gasteiger partial charge on any atom is -0.699 e. The molecule has 3 aliphatic carbocycles. The largest absolute Gasteiger partial charge is 0.699 e. The SMILES string of the molecule is CC(C)c1c(O)c(=O)c1=O.COC(=O)[C@H](Cc1c[nH]c2ccc(N)cc12)NC(=O)c1ccc2c(c1)nc(-c1ccoc1)n2C1CCCCC1.COC(=O)[C@H](Cc1c[nH]c2ccc([N+](=O)[O-])cc12)NC(=O)c1ccc2c(c1)nc(-c1ccoc1)n2C1CCCCC1.[Cl][Sn][Cl].[NH-]c1ccc2[nH]cc(CC(NC(=O)c3ccc4c(c3)nc(-c3ccoc3)n4C3CCCCC3)C(=O)O)c2c1.[W]. The molecule has 3 amide bonds. The molecule has 3 atom stereocenters. The molecule has 9 heterocycles. The number of benzene rings is 6. The fraction of sp³-hybridized carbons (Fsp3) is 0.302. The van der Waals surface area contributed by atoms with E-state index in [1.165, 1.54) is 71.3 Å². The van der Waals surface area contributed by atoms with Crippen LogP contribution in [0.2, 0.25) is 0 Å². The van der Waals surface area contributed by atoms with Crippen molar-refractivity contribution in [1.82, 2.24) is 59.6 Å². The standard InChI is InChI=1S/C30H29N5O6.C30H31N5O4.C29H28N5O4.C7H8O3.2ClH.Sn.W/c1-40-30(37)26(14-20-16-31-24-9-8-22(35(38)39)15-23(20)24)33-29(36)18-7-10-27-25(13-18)32-28(19-11-12-41-17-19)34(27)21-5-3-2-4-6-21;1-38-30(37)26(14-20-16-32-24-9-8-21(31)15-23(20)24)34-29(36)18-7-10-27-25(13-18)33-28(19-11-12-39-17-19)35(27)22-5-3-2-4-6-22;30-20-7-8-23-22(14-20)19(15-31-23)13-25(29(36)37)33-28(35)17-6-9-26-24(12-17)32-27(18-10-11-38-16-18)34(26)21-4-2-1-3-5-21;1-3(2)4-5(8)7(10)6(4)9;;;;/h7-13,15-17,21,26,31H,2-6,14H2,1H3,(H,33,36);7-13,15-17,22,26,32H,2-6,14,31H2,1H3,(H,34,36);6-12,14-16,21,25,30-31H,1-5,13H2,(H,33,35)(H,36,37);3,8H,1-2H3;2*1H;;/q;;-1;;;;+2;/p-2/t2*26-;;;;;;/m00....../s1. The fourth-order valence-electron chi connectivity index (χ4n) is 18.0. The first-order valence-electron chi connectivity index (χ1n) is 43.2. The van der Waals surface area contributed by atoms with Crippen molar-refractivity contribution in [3.8, 4) is 39.9 Å². The van der Waals surface area contributed by atoms with Gasteiger partial charge in [0.25, 0.3) is 28.8 Å². The van der Waals surface area contributed by atoms with Gasteiger partial charge in [0.1, 0.15) is 54.4 Å². The van der Waals surface area contributed by atoms with Gasteiger partial charge in [-0.1, -0.05) is 83.8 Å². The van der Waals surface area contributed by atoms with Crippen molar-refractivity contribution in [3.05, 3.63) is 259 Å². The second-order valence-corrected chi connectivity index (χ2v) is 37.4. The molecule has 132 heavy (non-hydrogen) atoms. The van der Waals surface area contributed by atoms with Crippen LogP contribution in [0.4, 0.5) is 17.1 Å². The first-order valence-corrected chi connectivity index (χ1v) is 50.5. The van der Waals surface area contributed by atoms with Crippen molar-refractivity contribution in [1.29, 1.82) is 0 Å². The molecule has 19 rings (SSSR count). The molecule has 1 unspecified atom stereocenters. The number of aliphatic carboxylic acids is 1. The molecule has 7 aromatic carbocycles. The summed E-state index contributed by atoms with van der Waals surface area (Å²) in [5.74, 6) is -1.51. The number of nitro benzene ring substituents is 1. The Hall–Kier alpha value is -13.0. The van der Waals surface area contributed by atoms with Crippen LogP contribution in [-0.4, -0.2) is 146 Å². The third-order valence-electron chi connectivity index (χ3n) is 24.5. The number of hydrogen-bond donors (Lipinski definition) is 9. The van der Waals surface area contributed by atoms with Crippen LogP contribution in [-0.2, 0) is 64.2 Å². The first-order chi connectivity index (χ1) is 63.4. The number of nitrogens with two attached hydrogens (primary N) is 1. The zero-order chi connectivity index (χ0) is 92.3. The van der Waals surface area contributed by atoms with Crippen molar-refractivity contribution >= 4 is 155 Å². The van der Waals surface area contributed by atoms with Crippen LogP contribution >= 0.6 is 17.8 Å². The van der Waals surface area contributed by atoms with E-state index in [0.29, 0.717) is 73.7 Å². The topological polar surface area (TPSA) is 465 Å². The van der Waals surface area contributed by atoms with Gasteiger partial charge in [-0.05, 0) is 164 Å². The third kappa shape index (κ3) is 21.1. The predicted octanol–water partition coefficient (Wildman–Crippen LogP) is 18.6. The number of halogens is 2. The molecular weight excluding hydrogens is 2010 g/mol. The van der Waals surface area contributed by atoms with E-state index < -0.39 is 82.5 Å². The molecule has 36 heteroatoms. The molecule has 682 valence electrons. The van der Waals surface area contributed by atoms with E-state index in [2.05, 4.69) is 44.6 Å². The number of carbonyl (C=O) groups excluding carboxylic acids is 5. The summed E-state index contributed by atoms with van der Waals surface area (Å²) >= 11 is -0.826. The second kappa shape index (κ2) is 42.9. The smallest absolute Gasteiger partial charge is 0.326 e. The summed E-state index contributed by atoms with van der Waals surface area (Å²) in [7, 11) is 12.4. The Balaban J connectivity index is 0.000000148. The Kier molecular flexibility index (Phi) is 30.9. The number of aromatic nitrogens is 9.